The van der Waals surface area contributed by atoms with Crippen molar-refractivity contribution in [2.75, 3.05) is 0 Å². The van der Waals surface area contributed by atoms with E-state index in [1.807, 2.05) is 18.2 Å². The van der Waals surface area contributed by atoms with Crippen LogP contribution in [0.2, 0.25) is 0 Å². The van der Waals surface area contributed by atoms with Gasteiger partial charge in [0.15, 0.2) is 0 Å². The van der Waals surface area contributed by atoms with Crippen LogP contribution in [-0.4, -0.2) is 18.2 Å². The monoisotopic (exact) mass is 215 g/mol. The van der Waals surface area contributed by atoms with Crippen LogP contribution in [-0.2, 0) is 4.74 Å². The summed E-state index contributed by atoms with van der Waals surface area (Å²) in [6, 6.07) is 0.0174. The number of allylic oxidation sites excluding steroid dienone is 2. The topological polar surface area (TPSA) is 38.3 Å². The molecule has 0 radical (unpaired) electrons. The summed E-state index contributed by atoms with van der Waals surface area (Å²) < 4.78 is 5.88. The molecule has 2 aliphatic rings. The summed E-state index contributed by atoms with van der Waals surface area (Å²) in [7, 11) is 0. The number of carbonyl (C=O) groups is 1. The summed E-state index contributed by atoms with van der Waals surface area (Å²) in [4.78, 5) is 10.7. The highest BCUT2D eigenvalue weighted by molar-refractivity contribution is 9.11. The number of nitrogens with one attached hydrogen (secondary N) is 1. The zero-order valence-electron chi connectivity index (χ0n) is 5.58. The zero-order chi connectivity index (χ0) is 7.84. The van der Waals surface area contributed by atoms with Crippen LogP contribution in [0.15, 0.2) is 22.7 Å². The highest BCUT2D eigenvalue weighted by atomic mass is 79.9. The van der Waals surface area contributed by atoms with Crippen LogP contribution in [0, 0.1) is 0 Å². The molecule has 2 rings (SSSR count). The van der Waals surface area contributed by atoms with E-state index < -0.39 is 0 Å². The molecule has 1 heterocycles. The number of fused-ring (bicyclic) bond motifs is 1. The lowest BCUT2D eigenvalue weighted by Gasteiger charge is -2.12. The van der Waals surface area contributed by atoms with Crippen molar-refractivity contribution in [1.82, 2.24) is 5.32 Å². The van der Waals surface area contributed by atoms with Crippen LogP contribution in [0.25, 0.3) is 0 Å². The van der Waals surface area contributed by atoms with E-state index in [0.717, 1.165) is 4.48 Å². The number of ether oxygens (including phenoxy) is 1. The van der Waals surface area contributed by atoms with Crippen molar-refractivity contribution in [3.05, 3.63) is 22.7 Å². The fourth-order valence-electron chi connectivity index (χ4n) is 1.15. The predicted molar refractivity (Wildman–Crippen MR) is 43.3 cm³/mol. The molecule has 1 aliphatic heterocycles. The Labute approximate surface area is 72.2 Å². The maximum Gasteiger partial charge on any atom is 0.408 e. The SMILES string of the molecule is O=C1NC2C=CC(Br)=CC2O1. The van der Waals surface area contributed by atoms with Gasteiger partial charge in [0.25, 0.3) is 0 Å². The van der Waals surface area contributed by atoms with Crippen LogP contribution < -0.4 is 5.32 Å². The molecule has 1 saturated heterocycles. The molecule has 1 fully saturated rings. The summed E-state index contributed by atoms with van der Waals surface area (Å²) in [6.45, 7) is 0. The Morgan fingerprint density at radius 2 is 2.45 bits per heavy atom. The molecular formula is C7H6BrNO2. The number of carbonyl (C=O) groups excluding carboxylic acids is 1. The van der Waals surface area contributed by atoms with Crippen molar-refractivity contribution < 1.29 is 9.53 Å². The van der Waals surface area contributed by atoms with E-state index >= 15 is 0 Å². The van der Waals surface area contributed by atoms with Crippen LogP contribution >= 0.6 is 15.9 Å². The number of alkyl carbamates (subject to hydrolysis) is 1. The molecule has 0 aromatic heterocycles. The quantitative estimate of drug-likeness (QED) is 0.662. The molecule has 2 atom stereocenters. The molecule has 2 unspecified atom stereocenters. The van der Waals surface area contributed by atoms with E-state index in [-0.39, 0.29) is 18.2 Å². The Bertz CT molecular complexity index is 259. The van der Waals surface area contributed by atoms with E-state index in [4.69, 9.17) is 4.74 Å². The highest BCUT2D eigenvalue weighted by Gasteiger charge is 2.32. The molecule has 58 valence electrons. The fraction of sp³-hybridized carbons (Fsp3) is 0.286. The van der Waals surface area contributed by atoms with Crippen molar-refractivity contribution in [1.29, 1.82) is 0 Å². The normalized spacial score (nSPS) is 33.9. The molecule has 0 aromatic carbocycles. The van der Waals surface area contributed by atoms with Crippen LogP contribution in [0.1, 0.15) is 0 Å². The molecule has 11 heavy (non-hydrogen) atoms. The van der Waals surface area contributed by atoms with E-state index in [1.54, 1.807) is 0 Å². The second-order valence-electron chi connectivity index (χ2n) is 2.45. The van der Waals surface area contributed by atoms with Gasteiger partial charge in [-0.25, -0.2) is 4.79 Å². The zero-order valence-corrected chi connectivity index (χ0v) is 7.17. The maximum atomic E-state index is 10.7. The minimum Gasteiger partial charge on any atom is -0.439 e. The molecule has 0 bridgehead atoms. The third-order valence-electron chi connectivity index (χ3n) is 1.67. The number of hydrogen-bond donors (Lipinski definition) is 1. The van der Waals surface area contributed by atoms with E-state index in [1.165, 1.54) is 0 Å². The first-order valence-corrected chi connectivity index (χ1v) is 4.08. The molecular weight excluding hydrogens is 210 g/mol. The Balaban J connectivity index is 2.23. The molecule has 1 aliphatic carbocycles. The van der Waals surface area contributed by atoms with Crippen molar-refractivity contribution in [2.24, 2.45) is 0 Å². The van der Waals surface area contributed by atoms with E-state index in [0.29, 0.717) is 0 Å². The van der Waals surface area contributed by atoms with E-state index in [9.17, 15) is 4.79 Å². The standard InChI is InChI=1S/C7H6BrNO2/c8-4-1-2-5-6(3-4)11-7(10)9-5/h1-3,5-6H,(H,9,10). The molecule has 0 spiro atoms. The van der Waals surface area contributed by atoms with Crippen molar-refractivity contribution in [2.45, 2.75) is 12.1 Å². The summed E-state index contributed by atoms with van der Waals surface area (Å²) in [5.74, 6) is 0. The van der Waals surface area contributed by atoms with Crippen molar-refractivity contribution >= 4 is 22.0 Å². The molecule has 0 aromatic rings. The van der Waals surface area contributed by atoms with Gasteiger partial charge in [-0.2, -0.15) is 0 Å². The van der Waals surface area contributed by atoms with Crippen molar-refractivity contribution in [3.8, 4) is 0 Å². The maximum absolute atomic E-state index is 10.7. The average molecular weight is 216 g/mol. The summed E-state index contributed by atoms with van der Waals surface area (Å²) in [5.41, 5.74) is 0. The average Bonchev–Trinajstić information content (AvgIpc) is 2.27. The van der Waals surface area contributed by atoms with Gasteiger partial charge in [-0.15, -0.1) is 0 Å². The van der Waals surface area contributed by atoms with Gasteiger partial charge in [-0.05, 0) is 12.2 Å². The fourth-order valence-corrected chi connectivity index (χ4v) is 1.57. The molecule has 4 heteroatoms. The minimum absolute atomic E-state index is 0.0174. The second-order valence-corrected chi connectivity index (χ2v) is 3.37. The van der Waals surface area contributed by atoms with E-state index in [2.05, 4.69) is 21.2 Å². The smallest absolute Gasteiger partial charge is 0.408 e. The van der Waals surface area contributed by atoms with Gasteiger partial charge in [0.05, 0.1) is 6.04 Å². The van der Waals surface area contributed by atoms with Gasteiger partial charge in [0, 0.05) is 4.48 Å². The van der Waals surface area contributed by atoms with Gasteiger partial charge in [0.1, 0.15) is 6.10 Å². The first-order valence-electron chi connectivity index (χ1n) is 3.28. The lowest BCUT2D eigenvalue weighted by molar-refractivity contribution is 0.155. The Kier molecular flexibility index (Phi) is 1.49. The number of halogens is 1. The van der Waals surface area contributed by atoms with Gasteiger partial charge < -0.3 is 10.1 Å². The summed E-state index contributed by atoms with van der Waals surface area (Å²) in [6.07, 6.45) is 5.18. The first-order chi connectivity index (χ1) is 5.25. The molecule has 1 N–H and O–H groups in total. The largest absolute Gasteiger partial charge is 0.439 e. The van der Waals surface area contributed by atoms with Gasteiger partial charge in [-0.3, -0.25) is 0 Å². The minimum atomic E-state index is -0.344. The van der Waals surface area contributed by atoms with Gasteiger partial charge in [-0.1, -0.05) is 22.0 Å². The number of rotatable bonds is 0. The van der Waals surface area contributed by atoms with Gasteiger partial charge >= 0.3 is 6.09 Å². The predicted octanol–water partition coefficient (Wildman–Crippen LogP) is 1.31. The van der Waals surface area contributed by atoms with Gasteiger partial charge in [0.2, 0.25) is 0 Å². The Morgan fingerprint density at radius 1 is 1.64 bits per heavy atom. The second kappa shape index (κ2) is 2.37. The molecule has 3 nitrogen and oxygen atoms in total. The van der Waals surface area contributed by atoms with Crippen molar-refractivity contribution in [3.63, 3.8) is 0 Å². The molecule has 1 amide bonds. The Hall–Kier alpha value is -0.770. The molecule has 0 saturated carbocycles. The Morgan fingerprint density at radius 3 is 3.27 bits per heavy atom. The van der Waals surface area contributed by atoms with Crippen LogP contribution in [0.5, 0.6) is 0 Å². The number of amides is 1. The summed E-state index contributed by atoms with van der Waals surface area (Å²) in [5, 5.41) is 2.66. The van der Waals surface area contributed by atoms with Crippen LogP contribution in [0.4, 0.5) is 4.79 Å². The van der Waals surface area contributed by atoms with Crippen LogP contribution in [0.3, 0.4) is 0 Å². The summed E-state index contributed by atoms with van der Waals surface area (Å²) >= 11 is 3.30. The third-order valence-corrected chi connectivity index (χ3v) is 2.20. The lowest BCUT2D eigenvalue weighted by Crippen LogP contribution is -2.29. The lowest BCUT2D eigenvalue weighted by atomic mass is 10.1. The first kappa shape index (κ1) is 6.91. The highest BCUT2D eigenvalue weighted by Crippen LogP contribution is 2.21. The number of hydrogen-bond acceptors (Lipinski definition) is 2. The third kappa shape index (κ3) is 1.18.